The first kappa shape index (κ1) is 6.53. The number of hydrogen-bond acceptors (Lipinski definition) is 0. The first-order chi connectivity index (χ1) is 4.50. The molecule has 1 radical (unpaired) electrons. The van der Waals surface area contributed by atoms with Gasteiger partial charge in [0.25, 0.3) is 0 Å². The normalized spacial score (nSPS) is 24.9. The Hall–Kier alpha value is -0.585. The van der Waals surface area contributed by atoms with Crippen LogP contribution in [0.3, 0.4) is 0 Å². The molecule has 0 aromatic heterocycles. The monoisotopic (exact) mass is 111 g/mol. The summed E-state index contributed by atoms with van der Waals surface area (Å²) in [6.07, 6.45) is 8.00. The van der Waals surface area contributed by atoms with Crippen LogP contribution in [0, 0.1) is 0 Å². The Bertz CT molecular complexity index is 157. The van der Waals surface area contributed by atoms with E-state index in [-0.39, 0.29) is 0 Å². The molecular formula is C6H6B3. The van der Waals surface area contributed by atoms with Crippen molar-refractivity contribution in [2.75, 3.05) is 0 Å². The molecule has 3 heteroatoms. The Morgan fingerprint density at radius 2 is 1.56 bits per heavy atom. The first-order valence-electron chi connectivity index (χ1n) is 3.00. The van der Waals surface area contributed by atoms with Crippen LogP contribution in [0.1, 0.15) is 0 Å². The summed E-state index contributed by atoms with van der Waals surface area (Å²) in [6.45, 7) is 4.00. The van der Waals surface area contributed by atoms with Crippen molar-refractivity contribution in [3.05, 3.63) is 36.3 Å². The fourth-order valence-corrected chi connectivity index (χ4v) is 0.577. The minimum atomic E-state index is 2.00. The SMILES string of the molecule is [B]1B=B\C=C/C=C\C=C/1. The molecule has 0 unspecified atom stereocenters. The van der Waals surface area contributed by atoms with Gasteiger partial charge in [-0.1, -0.05) is 0 Å². The van der Waals surface area contributed by atoms with Gasteiger partial charge in [-0.3, -0.25) is 0 Å². The fourth-order valence-electron chi connectivity index (χ4n) is 0.577. The molecule has 0 aromatic carbocycles. The predicted octanol–water partition coefficient (Wildman–Crippen LogP) is 0.526. The Balaban J connectivity index is 2.60. The third-order valence-corrected chi connectivity index (χ3v) is 1.00. The minimum absolute atomic E-state index is 2.00. The zero-order valence-electron chi connectivity index (χ0n) is 5.20. The molecular weight excluding hydrogens is 105 g/mol. The quantitative estimate of drug-likeness (QED) is 0.399. The zero-order valence-corrected chi connectivity index (χ0v) is 5.20. The summed E-state index contributed by atoms with van der Waals surface area (Å²) in [5, 5.41) is 0. The molecule has 0 saturated carbocycles. The van der Waals surface area contributed by atoms with Crippen LogP contribution in [0.5, 0.6) is 0 Å². The van der Waals surface area contributed by atoms with E-state index in [0.29, 0.717) is 0 Å². The molecule has 0 N–H and O–H groups in total. The first-order valence-corrected chi connectivity index (χ1v) is 3.00. The van der Waals surface area contributed by atoms with Gasteiger partial charge in [0.15, 0.2) is 0 Å². The topological polar surface area (TPSA) is 0 Å². The molecule has 0 atom stereocenters. The zero-order chi connectivity index (χ0) is 6.36. The molecule has 0 saturated heterocycles. The fraction of sp³-hybridized carbons (Fsp3) is 0. The standard InChI is InChI=1S/C6H6B3/c1-2-4-6-8-9-7-5-3-1/h1-6H/b2-1-,5-3-,6-4-. The molecule has 9 heavy (non-hydrogen) atoms. The molecule has 0 spiro atoms. The van der Waals surface area contributed by atoms with Gasteiger partial charge in [-0.25, -0.2) is 0 Å². The Morgan fingerprint density at radius 3 is 2.44 bits per heavy atom. The molecule has 1 aliphatic heterocycles. The van der Waals surface area contributed by atoms with Crippen molar-refractivity contribution in [3.63, 3.8) is 0 Å². The summed E-state index contributed by atoms with van der Waals surface area (Å²) in [7, 11) is 2.00. The summed E-state index contributed by atoms with van der Waals surface area (Å²) in [5.74, 6) is 4.00. The second-order valence-electron chi connectivity index (χ2n) is 1.73. The molecule has 1 rings (SSSR count). The van der Waals surface area contributed by atoms with Crippen molar-refractivity contribution in [1.29, 1.82) is 0 Å². The Kier molecular flexibility index (Phi) is 3.13. The van der Waals surface area contributed by atoms with Crippen molar-refractivity contribution in [1.82, 2.24) is 0 Å². The van der Waals surface area contributed by atoms with Crippen molar-refractivity contribution in [3.8, 4) is 0 Å². The van der Waals surface area contributed by atoms with Crippen molar-refractivity contribution >= 4 is 20.7 Å². The van der Waals surface area contributed by atoms with E-state index in [1.807, 2.05) is 56.9 Å². The summed E-state index contributed by atoms with van der Waals surface area (Å²) in [4.78, 5) is 0. The average molecular weight is 111 g/mol. The van der Waals surface area contributed by atoms with Crippen LogP contribution in [-0.4, -0.2) is 20.7 Å². The van der Waals surface area contributed by atoms with Crippen molar-refractivity contribution < 1.29 is 0 Å². The second-order valence-corrected chi connectivity index (χ2v) is 1.73. The third-order valence-electron chi connectivity index (χ3n) is 1.00. The number of allylic oxidation sites excluding steroid dienone is 4. The van der Waals surface area contributed by atoms with E-state index in [2.05, 4.69) is 0 Å². The van der Waals surface area contributed by atoms with Crippen LogP contribution < -0.4 is 0 Å². The van der Waals surface area contributed by atoms with Gasteiger partial charge in [-0.15, -0.1) is 0 Å². The maximum atomic E-state index is 2.00. The van der Waals surface area contributed by atoms with Crippen molar-refractivity contribution in [2.24, 2.45) is 0 Å². The molecule has 0 aromatic rings. The van der Waals surface area contributed by atoms with Crippen LogP contribution in [0.25, 0.3) is 0 Å². The maximum absolute atomic E-state index is 2.00. The Labute approximate surface area is 57.7 Å². The summed E-state index contributed by atoms with van der Waals surface area (Å²) >= 11 is 0. The second kappa shape index (κ2) is 4.31. The van der Waals surface area contributed by atoms with Gasteiger partial charge in [-0.2, -0.15) is 0 Å². The van der Waals surface area contributed by atoms with Crippen LogP contribution in [0.15, 0.2) is 36.3 Å². The van der Waals surface area contributed by atoms with Crippen LogP contribution in [0.4, 0.5) is 0 Å². The van der Waals surface area contributed by atoms with E-state index in [4.69, 9.17) is 0 Å². The van der Waals surface area contributed by atoms with Gasteiger partial charge in [0, 0.05) is 0 Å². The number of rotatable bonds is 0. The summed E-state index contributed by atoms with van der Waals surface area (Å²) in [6, 6.07) is 0. The average Bonchev–Trinajstić information content (AvgIpc) is 2.00. The van der Waals surface area contributed by atoms with Gasteiger partial charge >= 0.3 is 56.9 Å². The van der Waals surface area contributed by atoms with Gasteiger partial charge in [0.1, 0.15) is 0 Å². The van der Waals surface area contributed by atoms with E-state index >= 15 is 0 Å². The third kappa shape index (κ3) is 3.07. The molecule has 1 heterocycles. The predicted molar refractivity (Wildman–Crippen MR) is 44.7 cm³/mol. The van der Waals surface area contributed by atoms with Crippen LogP contribution >= 0.6 is 0 Å². The summed E-state index contributed by atoms with van der Waals surface area (Å²) < 4.78 is 0. The molecule has 0 aliphatic carbocycles. The van der Waals surface area contributed by atoms with Gasteiger partial charge in [0.2, 0.25) is 0 Å². The van der Waals surface area contributed by atoms with E-state index in [0.717, 1.165) is 0 Å². The molecule has 0 bridgehead atoms. The molecule has 39 valence electrons. The van der Waals surface area contributed by atoms with E-state index in [9.17, 15) is 0 Å². The molecule has 1 aliphatic rings. The van der Waals surface area contributed by atoms with Gasteiger partial charge < -0.3 is 0 Å². The molecule has 0 nitrogen and oxygen atoms in total. The van der Waals surface area contributed by atoms with E-state index in [1.165, 1.54) is 0 Å². The summed E-state index contributed by atoms with van der Waals surface area (Å²) in [5.41, 5.74) is 0. The van der Waals surface area contributed by atoms with Gasteiger partial charge in [-0.05, 0) is 0 Å². The van der Waals surface area contributed by atoms with E-state index < -0.39 is 0 Å². The van der Waals surface area contributed by atoms with Gasteiger partial charge in [0.05, 0.1) is 0 Å². The Morgan fingerprint density at radius 1 is 0.778 bits per heavy atom. The molecule has 0 fully saturated rings. The molecule has 0 amide bonds. The van der Waals surface area contributed by atoms with Crippen molar-refractivity contribution in [2.45, 2.75) is 0 Å². The number of hydrogen-bond donors (Lipinski definition) is 0. The van der Waals surface area contributed by atoms with E-state index in [1.54, 1.807) is 0 Å². The van der Waals surface area contributed by atoms with Crippen LogP contribution in [0.2, 0.25) is 0 Å². The van der Waals surface area contributed by atoms with Crippen LogP contribution in [-0.2, 0) is 0 Å².